The minimum Gasteiger partial charge on any atom is -0.480 e. The van der Waals surface area contributed by atoms with E-state index in [1.165, 1.54) is 13.8 Å². The SMILES string of the molecule is CC1(C)[C@H](C(=O)O)N2C(=O)[C@@H](CBr)[C@H]2S1(=O)=O. The second-order valence-electron chi connectivity index (χ2n) is 4.79. The van der Waals surface area contributed by atoms with Gasteiger partial charge in [-0.15, -0.1) is 0 Å². The number of fused-ring (bicyclic) bond motifs is 1. The van der Waals surface area contributed by atoms with E-state index in [9.17, 15) is 18.0 Å². The van der Waals surface area contributed by atoms with Gasteiger partial charge in [0.15, 0.2) is 9.84 Å². The Bertz CT molecular complexity index is 500. The van der Waals surface area contributed by atoms with Crippen molar-refractivity contribution in [1.82, 2.24) is 4.90 Å². The molecule has 2 aliphatic heterocycles. The van der Waals surface area contributed by atoms with Gasteiger partial charge in [0.25, 0.3) is 0 Å². The molecule has 3 atom stereocenters. The first-order valence-corrected chi connectivity index (χ1v) is 7.69. The lowest BCUT2D eigenvalue weighted by molar-refractivity contribution is -0.162. The molecule has 2 fully saturated rings. The van der Waals surface area contributed by atoms with Gasteiger partial charge in [-0.05, 0) is 13.8 Å². The summed E-state index contributed by atoms with van der Waals surface area (Å²) >= 11 is 3.09. The van der Waals surface area contributed by atoms with Crippen LogP contribution in [0.5, 0.6) is 0 Å². The number of alkyl halides is 1. The standard InChI is InChI=1S/C9H12BrNO5S/c1-9(2)5(8(13)14)11-6(12)4(3-10)7(11)17(9,15)16/h4-5,7H,3H2,1-2H3,(H,13,14)/t4-,5+,7-/m1/s1. The number of aliphatic carboxylic acids is 1. The Morgan fingerprint density at radius 3 is 2.47 bits per heavy atom. The molecule has 0 aromatic heterocycles. The average Bonchev–Trinajstić information content (AvgIpc) is 2.32. The van der Waals surface area contributed by atoms with E-state index in [0.29, 0.717) is 0 Å². The van der Waals surface area contributed by atoms with Crippen LogP contribution < -0.4 is 0 Å². The second-order valence-corrected chi connectivity index (χ2v) is 8.06. The number of halogens is 1. The van der Waals surface area contributed by atoms with Crippen LogP contribution in [0.1, 0.15) is 13.8 Å². The monoisotopic (exact) mass is 325 g/mol. The molecule has 1 N–H and O–H groups in total. The second kappa shape index (κ2) is 3.44. The molecule has 2 heterocycles. The highest BCUT2D eigenvalue weighted by molar-refractivity contribution is 9.09. The number of β-lactam (4-membered cyclic amide) rings is 1. The highest BCUT2D eigenvalue weighted by atomic mass is 79.9. The van der Waals surface area contributed by atoms with E-state index >= 15 is 0 Å². The lowest BCUT2D eigenvalue weighted by Crippen LogP contribution is -2.64. The molecule has 2 saturated heterocycles. The van der Waals surface area contributed by atoms with Crippen LogP contribution in [-0.4, -0.2) is 51.8 Å². The molecule has 6 nitrogen and oxygen atoms in total. The number of hydrogen-bond donors (Lipinski definition) is 1. The Morgan fingerprint density at radius 1 is 1.53 bits per heavy atom. The van der Waals surface area contributed by atoms with Crippen molar-refractivity contribution in [1.29, 1.82) is 0 Å². The molecule has 2 aliphatic rings. The maximum absolute atomic E-state index is 12.2. The van der Waals surface area contributed by atoms with Crippen LogP contribution in [-0.2, 0) is 19.4 Å². The Kier molecular flexibility index (Phi) is 2.59. The third-order valence-corrected chi connectivity index (χ3v) is 7.16. The van der Waals surface area contributed by atoms with Crippen molar-refractivity contribution < 1.29 is 23.1 Å². The van der Waals surface area contributed by atoms with Crippen molar-refractivity contribution in [3.8, 4) is 0 Å². The number of carboxylic acids is 1. The fraction of sp³-hybridized carbons (Fsp3) is 0.778. The number of rotatable bonds is 2. The first kappa shape index (κ1) is 12.8. The van der Waals surface area contributed by atoms with Crippen molar-refractivity contribution in [2.75, 3.05) is 5.33 Å². The van der Waals surface area contributed by atoms with E-state index in [4.69, 9.17) is 5.11 Å². The number of carboxylic acid groups (broad SMARTS) is 1. The first-order chi connectivity index (χ1) is 7.67. The number of hydrogen-bond acceptors (Lipinski definition) is 4. The maximum Gasteiger partial charge on any atom is 0.328 e. The number of carbonyl (C=O) groups is 2. The number of carbonyl (C=O) groups excluding carboxylic acids is 1. The van der Waals surface area contributed by atoms with Crippen LogP contribution in [0.3, 0.4) is 0 Å². The summed E-state index contributed by atoms with van der Waals surface area (Å²) in [5.41, 5.74) is 0. The normalized spacial score (nSPS) is 37.5. The molecule has 0 saturated carbocycles. The zero-order valence-corrected chi connectivity index (χ0v) is 11.7. The van der Waals surface area contributed by atoms with Gasteiger partial charge in [0, 0.05) is 5.33 Å². The van der Waals surface area contributed by atoms with Gasteiger partial charge in [-0.2, -0.15) is 0 Å². The quantitative estimate of drug-likeness (QED) is 0.562. The third-order valence-electron chi connectivity index (χ3n) is 3.58. The Hall–Kier alpha value is -0.630. The number of amides is 1. The van der Waals surface area contributed by atoms with Crippen LogP contribution in [0, 0.1) is 5.92 Å². The van der Waals surface area contributed by atoms with Crippen LogP contribution >= 0.6 is 15.9 Å². The summed E-state index contributed by atoms with van der Waals surface area (Å²) in [6.07, 6.45) is 0. The van der Waals surface area contributed by atoms with E-state index in [-0.39, 0.29) is 5.33 Å². The summed E-state index contributed by atoms with van der Waals surface area (Å²) < 4.78 is 23.0. The van der Waals surface area contributed by atoms with Crippen molar-refractivity contribution in [3.63, 3.8) is 0 Å². The smallest absolute Gasteiger partial charge is 0.328 e. The highest BCUT2D eigenvalue weighted by Crippen LogP contribution is 2.48. The minimum absolute atomic E-state index is 0.231. The van der Waals surface area contributed by atoms with Gasteiger partial charge >= 0.3 is 5.97 Å². The van der Waals surface area contributed by atoms with Gasteiger partial charge < -0.3 is 10.0 Å². The summed E-state index contributed by atoms with van der Waals surface area (Å²) in [5.74, 6) is -2.35. The van der Waals surface area contributed by atoms with Crippen LogP contribution in [0.25, 0.3) is 0 Å². The van der Waals surface area contributed by atoms with E-state index in [1.54, 1.807) is 0 Å². The summed E-state index contributed by atoms with van der Waals surface area (Å²) in [4.78, 5) is 23.9. The van der Waals surface area contributed by atoms with Gasteiger partial charge in [-0.25, -0.2) is 13.2 Å². The Labute approximate surface area is 107 Å². The van der Waals surface area contributed by atoms with E-state index < -0.39 is 43.8 Å². The topological polar surface area (TPSA) is 91.8 Å². The maximum atomic E-state index is 12.2. The molecule has 2 rings (SSSR count). The zero-order valence-electron chi connectivity index (χ0n) is 9.25. The van der Waals surface area contributed by atoms with Crippen LogP contribution in [0.4, 0.5) is 0 Å². The van der Waals surface area contributed by atoms with Gasteiger partial charge in [-0.3, -0.25) is 4.79 Å². The largest absolute Gasteiger partial charge is 0.480 e. The molecule has 0 aromatic carbocycles. The van der Waals surface area contributed by atoms with Gasteiger partial charge in [-0.1, -0.05) is 15.9 Å². The van der Waals surface area contributed by atoms with Gasteiger partial charge in [0.05, 0.1) is 10.7 Å². The van der Waals surface area contributed by atoms with E-state index in [2.05, 4.69) is 15.9 Å². The molecule has 8 heteroatoms. The van der Waals surface area contributed by atoms with Crippen molar-refractivity contribution in [2.24, 2.45) is 5.92 Å². The van der Waals surface area contributed by atoms with Crippen LogP contribution in [0.15, 0.2) is 0 Å². The fourth-order valence-electron chi connectivity index (χ4n) is 2.55. The summed E-state index contributed by atoms with van der Waals surface area (Å²) in [5, 5.41) is 8.35. The average molecular weight is 326 g/mol. The fourth-order valence-corrected chi connectivity index (χ4v) is 5.75. The zero-order chi connectivity index (χ0) is 13.2. The molecule has 1 amide bonds. The predicted octanol–water partition coefficient (Wildman–Crippen LogP) is -0.174. The summed E-state index contributed by atoms with van der Waals surface area (Å²) in [7, 11) is -3.66. The van der Waals surface area contributed by atoms with E-state index in [1.807, 2.05) is 0 Å². The van der Waals surface area contributed by atoms with Crippen molar-refractivity contribution in [3.05, 3.63) is 0 Å². The lowest BCUT2D eigenvalue weighted by atomic mass is 9.93. The number of sulfone groups is 1. The molecule has 0 unspecified atom stereocenters. The Balaban J connectivity index is 2.56. The lowest BCUT2D eigenvalue weighted by Gasteiger charge is -2.41. The van der Waals surface area contributed by atoms with E-state index in [0.717, 1.165) is 4.90 Å². The molecular weight excluding hydrogens is 314 g/mol. The molecule has 0 aromatic rings. The summed E-state index contributed by atoms with van der Waals surface area (Å²) in [6, 6.07) is -1.29. The molecule has 0 spiro atoms. The number of nitrogens with zero attached hydrogens (tertiary/aromatic N) is 1. The molecule has 0 bridgehead atoms. The van der Waals surface area contributed by atoms with Gasteiger partial charge in [0.1, 0.15) is 11.4 Å². The molecule has 17 heavy (non-hydrogen) atoms. The molecular formula is C9H12BrNO5S. The molecule has 96 valence electrons. The summed E-state index contributed by atoms with van der Waals surface area (Å²) in [6.45, 7) is 2.72. The van der Waals surface area contributed by atoms with Gasteiger partial charge in [0.2, 0.25) is 5.91 Å². The molecule has 0 radical (unpaired) electrons. The minimum atomic E-state index is -3.66. The van der Waals surface area contributed by atoms with Crippen LogP contribution in [0.2, 0.25) is 0 Å². The van der Waals surface area contributed by atoms with Crippen molar-refractivity contribution >= 4 is 37.6 Å². The molecule has 0 aliphatic carbocycles. The predicted molar refractivity (Wildman–Crippen MR) is 62.3 cm³/mol. The van der Waals surface area contributed by atoms with Crippen molar-refractivity contribution in [2.45, 2.75) is 30.0 Å². The Morgan fingerprint density at radius 2 is 2.06 bits per heavy atom. The third kappa shape index (κ3) is 1.28. The highest BCUT2D eigenvalue weighted by Gasteiger charge is 2.71. The first-order valence-electron chi connectivity index (χ1n) is 5.02.